The van der Waals surface area contributed by atoms with Crippen LogP contribution in [0.1, 0.15) is 29.4 Å². The van der Waals surface area contributed by atoms with Crippen molar-refractivity contribution in [3.05, 3.63) is 74.7 Å². The largest absolute Gasteiger partial charge is 0.408 e. The van der Waals surface area contributed by atoms with Crippen LogP contribution in [0.3, 0.4) is 0 Å². The van der Waals surface area contributed by atoms with Crippen molar-refractivity contribution in [2.45, 2.75) is 31.0 Å². The number of halogens is 4. The maximum atomic E-state index is 15.5. The SMILES string of the molecule is O=c1[nH]cc(-c2cc([C@H]3C[C@@H]3c3ccc4cnn(CC(F)(F)F)c4c3F)c3ncnn3n2)c(=O)[nH]1. The van der Waals surface area contributed by atoms with Crippen molar-refractivity contribution >= 4 is 16.6 Å². The molecule has 2 N–H and O–H groups in total. The van der Waals surface area contributed by atoms with Gasteiger partial charge in [0.15, 0.2) is 11.5 Å². The van der Waals surface area contributed by atoms with Gasteiger partial charge in [-0.1, -0.05) is 12.1 Å². The van der Waals surface area contributed by atoms with Gasteiger partial charge in [0.25, 0.3) is 5.56 Å². The molecular weight excluding hydrogens is 472 g/mol. The molecule has 0 amide bonds. The van der Waals surface area contributed by atoms with E-state index in [4.69, 9.17) is 0 Å². The molecule has 1 saturated carbocycles. The van der Waals surface area contributed by atoms with E-state index in [-0.39, 0.29) is 39.6 Å². The predicted octanol–water partition coefficient (Wildman–Crippen LogP) is 2.49. The van der Waals surface area contributed by atoms with Crippen LogP contribution in [0.25, 0.3) is 27.8 Å². The van der Waals surface area contributed by atoms with Gasteiger partial charge < -0.3 is 4.98 Å². The summed E-state index contributed by atoms with van der Waals surface area (Å²) in [5.41, 5.74) is 0.131. The van der Waals surface area contributed by atoms with Crippen LogP contribution in [0.5, 0.6) is 0 Å². The third kappa shape index (κ3) is 3.57. The fraction of sp³-hybridized carbons (Fsp3) is 0.238. The number of H-pyrrole nitrogens is 2. The lowest BCUT2D eigenvalue weighted by Gasteiger charge is -2.10. The van der Waals surface area contributed by atoms with Crippen molar-refractivity contribution in [1.29, 1.82) is 0 Å². The first-order valence-corrected chi connectivity index (χ1v) is 10.4. The Balaban J connectivity index is 1.42. The van der Waals surface area contributed by atoms with E-state index in [1.54, 1.807) is 18.2 Å². The van der Waals surface area contributed by atoms with Crippen LogP contribution in [0.4, 0.5) is 17.6 Å². The van der Waals surface area contributed by atoms with Crippen molar-refractivity contribution in [2.24, 2.45) is 0 Å². The van der Waals surface area contributed by atoms with Gasteiger partial charge in [-0.2, -0.15) is 18.3 Å². The highest BCUT2D eigenvalue weighted by molar-refractivity contribution is 5.80. The number of aromatic nitrogens is 8. The molecule has 10 nitrogen and oxygen atoms in total. The standard InChI is InChI=1S/C21H14F4N8O2/c22-16-10(2-1-9-5-28-32(17(9)16)7-21(23,24)25)11-3-12(11)13-4-15(31-33-18(13)27-8-29-33)14-6-26-20(35)30-19(14)34/h1-2,4-6,8,11-12H,3,7H2,(H2,26,30,34,35)/t11-,12+/m1/s1. The molecule has 0 saturated heterocycles. The van der Waals surface area contributed by atoms with Crippen LogP contribution < -0.4 is 11.2 Å². The average Bonchev–Trinajstić information content (AvgIpc) is 3.22. The van der Waals surface area contributed by atoms with Gasteiger partial charge in [0, 0.05) is 17.1 Å². The summed E-state index contributed by atoms with van der Waals surface area (Å²) in [6, 6.07) is 4.73. The predicted molar refractivity (Wildman–Crippen MR) is 113 cm³/mol. The summed E-state index contributed by atoms with van der Waals surface area (Å²) in [6.07, 6.45) is -0.323. The monoisotopic (exact) mass is 486 g/mol. The molecule has 178 valence electrons. The Hall–Kier alpha value is -4.36. The number of fused-ring (bicyclic) bond motifs is 2. The van der Waals surface area contributed by atoms with Crippen molar-refractivity contribution < 1.29 is 17.6 Å². The number of rotatable bonds is 4. The third-order valence-electron chi connectivity index (χ3n) is 6.07. The minimum Gasteiger partial charge on any atom is -0.313 e. The molecule has 1 aliphatic rings. The van der Waals surface area contributed by atoms with Gasteiger partial charge in [-0.05, 0) is 29.9 Å². The normalized spacial score (nSPS) is 17.9. The molecule has 35 heavy (non-hydrogen) atoms. The Morgan fingerprint density at radius 3 is 2.69 bits per heavy atom. The van der Waals surface area contributed by atoms with Gasteiger partial charge in [-0.25, -0.2) is 14.2 Å². The lowest BCUT2D eigenvalue weighted by Crippen LogP contribution is -2.23. The molecule has 4 aromatic heterocycles. The Labute approximate surface area is 191 Å². The quantitative estimate of drug-likeness (QED) is 0.376. The highest BCUT2D eigenvalue weighted by Crippen LogP contribution is 2.56. The number of hydrogen-bond donors (Lipinski definition) is 2. The molecule has 0 bridgehead atoms. The van der Waals surface area contributed by atoms with Crippen LogP contribution in [-0.2, 0) is 6.54 Å². The number of benzene rings is 1. The second kappa shape index (κ2) is 7.32. The topological polar surface area (TPSA) is 127 Å². The molecular formula is C21H14F4N8O2. The van der Waals surface area contributed by atoms with E-state index in [1.807, 2.05) is 0 Å². The summed E-state index contributed by atoms with van der Waals surface area (Å²) >= 11 is 0. The van der Waals surface area contributed by atoms with Crippen molar-refractivity contribution in [2.75, 3.05) is 0 Å². The summed E-state index contributed by atoms with van der Waals surface area (Å²) in [5, 5.41) is 12.3. The summed E-state index contributed by atoms with van der Waals surface area (Å²) in [6.45, 7) is -1.40. The van der Waals surface area contributed by atoms with E-state index in [9.17, 15) is 22.8 Å². The van der Waals surface area contributed by atoms with Crippen LogP contribution in [0.2, 0.25) is 0 Å². The fourth-order valence-corrected chi connectivity index (χ4v) is 4.46. The molecule has 0 aliphatic heterocycles. The van der Waals surface area contributed by atoms with E-state index in [0.29, 0.717) is 22.3 Å². The Kier molecular flexibility index (Phi) is 4.43. The Morgan fingerprint density at radius 1 is 1.11 bits per heavy atom. The molecule has 1 aliphatic carbocycles. The molecule has 0 radical (unpaired) electrons. The number of alkyl halides is 3. The second-order valence-electron chi connectivity index (χ2n) is 8.32. The van der Waals surface area contributed by atoms with E-state index >= 15 is 4.39 Å². The first kappa shape index (κ1) is 21.2. The number of aromatic amines is 2. The zero-order valence-electron chi connectivity index (χ0n) is 17.5. The van der Waals surface area contributed by atoms with Crippen LogP contribution in [-0.4, -0.2) is 45.7 Å². The van der Waals surface area contributed by atoms with Gasteiger partial charge in [-0.15, -0.1) is 14.8 Å². The zero-order valence-corrected chi connectivity index (χ0v) is 17.5. The summed E-state index contributed by atoms with van der Waals surface area (Å²) in [4.78, 5) is 32.4. The van der Waals surface area contributed by atoms with Gasteiger partial charge in [0.2, 0.25) is 0 Å². The molecule has 6 rings (SSSR count). The van der Waals surface area contributed by atoms with Gasteiger partial charge >= 0.3 is 11.9 Å². The highest BCUT2D eigenvalue weighted by Gasteiger charge is 2.43. The van der Waals surface area contributed by atoms with Crippen molar-refractivity contribution in [3.63, 3.8) is 0 Å². The maximum Gasteiger partial charge on any atom is 0.408 e. The summed E-state index contributed by atoms with van der Waals surface area (Å²) < 4.78 is 56.1. The molecule has 1 fully saturated rings. The van der Waals surface area contributed by atoms with Crippen molar-refractivity contribution in [1.82, 2.24) is 39.6 Å². The second-order valence-corrected chi connectivity index (χ2v) is 8.32. The van der Waals surface area contributed by atoms with Crippen molar-refractivity contribution in [3.8, 4) is 11.3 Å². The molecule has 0 unspecified atom stereocenters. The molecule has 4 heterocycles. The number of hydrogen-bond acceptors (Lipinski definition) is 6. The van der Waals surface area contributed by atoms with Crippen LogP contribution >= 0.6 is 0 Å². The smallest absolute Gasteiger partial charge is 0.313 e. The minimum atomic E-state index is -4.55. The van der Waals surface area contributed by atoms with E-state index in [0.717, 1.165) is 0 Å². The first-order chi connectivity index (χ1) is 16.7. The third-order valence-corrected chi connectivity index (χ3v) is 6.07. The van der Waals surface area contributed by atoms with E-state index in [1.165, 1.54) is 23.4 Å². The number of nitrogens with zero attached hydrogens (tertiary/aromatic N) is 6. The molecule has 0 spiro atoms. The first-order valence-electron chi connectivity index (χ1n) is 10.4. The fourth-order valence-electron chi connectivity index (χ4n) is 4.46. The van der Waals surface area contributed by atoms with Gasteiger partial charge in [-0.3, -0.25) is 14.5 Å². The van der Waals surface area contributed by atoms with Gasteiger partial charge in [0.1, 0.15) is 24.1 Å². The summed E-state index contributed by atoms with van der Waals surface area (Å²) in [5.74, 6) is -1.32. The van der Waals surface area contributed by atoms with Gasteiger partial charge in [0.05, 0.1) is 11.8 Å². The Morgan fingerprint density at radius 2 is 1.91 bits per heavy atom. The highest BCUT2D eigenvalue weighted by atomic mass is 19.4. The molecule has 2 atom stereocenters. The molecule has 5 aromatic rings. The minimum absolute atomic E-state index is 0.101. The zero-order chi connectivity index (χ0) is 24.5. The molecule has 1 aromatic carbocycles. The lowest BCUT2D eigenvalue weighted by atomic mass is 10.0. The van der Waals surface area contributed by atoms with Crippen LogP contribution in [0.15, 0.2) is 46.5 Å². The lowest BCUT2D eigenvalue weighted by molar-refractivity contribution is -0.141. The van der Waals surface area contributed by atoms with Crippen LogP contribution in [0, 0.1) is 5.82 Å². The maximum absolute atomic E-state index is 15.5. The number of nitrogens with one attached hydrogen (secondary N) is 2. The van der Waals surface area contributed by atoms with E-state index in [2.05, 4.69) is 30.2 Å². The average molecular weight is 486 g/mol. The molecule has 14 heteroatoms. The van der Waals surface area contributed by atoms with E-state index < -0.39 is 29.8 Å². The summed E-state index contributed by atoms with van der Waals surface area (Å²) in [7, 11) is 0. The Bertz CT molecular complexity index is 1730.